The van der Waals surface area contributed by atoms with E-state index in [1.807, 2.05) is 57.2 Å². The normalized spacial score (nSPS) is 15.4. The SMILES string of the molecule is Cc1nc(C)c(Cc2ccccc2F)c(N2CCN(CC(O)COc3ccccc3C)CC2)n1. The highest BCUT2D eigenvalue weighted by molar-refractivity contribution is 5.51. The van der Waals surface area contributed by atoms with Crippen molar-refractivity contribution < 1.29 is 14.2 Å². The molecular weight excluding hydrogens is 431 g/mol. The monoisotopic (exact) mass is 464 g/mol. The van der Waals surface area contributed by atoms with E-state index in [4.69, 9.17) is 9.72 Å². The molecule has 0 aliphatic carbocycles. The standard InChI is InChI=1S/C27H33FN4O2/c1-19-8-4-7-11-26(19)34-18-23(33)17-31-12-14-32(15-13-31)27-24(20(2)29-21(3)30-27)16-22-9-5-6-10-25(22)28/h4-11,23,33H,12-18H2,1-3H3. The van der Waals surface area contributed by atoms with Gasteiger partial charge in [0.15, 0.2) is 0 Å². The van der Waals surface area contributed by atoms with Crippen molar-refractivity contribution in [2.75, 3.05) is 44.2 Å². The van der Waals surface area contributed by atoms with Crippen LogP contribution in [-0.4, -0.2) is 65.4 Å². The zero-order chi connectivity index (χ0) is 24.1. The van der Waals surface area contributed by atoms with Crippen LogP contribution in [0.1, 0.15) is 28.2 Å². The Bertz CT molecular complexity index is 1120. The minimum atomic E-state index is -0.564. The molecule has 1 aliphatic heterocycles. The van der Waals surface area contributed by atoms with Crippen molar-refractivity contribution in [3.63, 3.8) is 0 Å². The second-order valence-electron chi connectivity index (χ2n) is 8.94. The fraction of sp³-hybridized carbons (Fsp3) is 0.407. The largest absolute Gasteiger partial charge is 0.491 e. The van der Waals surface area contributed by atoms with Gasteiger partial charge in [-0.05, 0) is 44.0 Å². The summed E-state index contributed by atoms with van der Waals surface area (Å²) >= 11 is 0. The van der Waals surface area contributed by atoms with Crippen LogP contribution in [0.15, 0.2) is 48.5 Å². The first kappa shape index (κ1) is 24.1. The van der Waals surface area contributed by atoms with Crippen LogP contribution in [0, 0.1) is 26.6 Å². The number of halogens is 1. The van der Waals surface area contributed by atoms with E-state index in [0.717, 1.165) is 60.4 Å². The Labute approximate surface area is 201 Å². The molecule has 3 aromatic rings. The van der Waals surface area contributed by atoms with Gasteiger partial charge >= 0.3 is 0 Å². The van der Waals surface area contributed by atoms with Crippen molar-refractivity contribution in [3.8, 4) is 5.75 Å². The molecule has 1 aromatic heterocycles. The number of ether oxygens (including phenoxy) is 1. The number of nitrogens with zero attached hydrogens (tertiary/aromatic N) is 4. The molecule has 6 nitrogen and oxygen atoms in total. The summed E-state index contributed by atoms with van der Waals surface area (Å²) in [6.07, 6.45) is -0.102. The zero-order valence-electron chi connectivity index (χ0n) is 20.2. The molecule has 0 spiro atoms. The number of piperazine rings is 1. The summed E-state index contributed by atoms with van der Waals surface area (Å²) < 4.78 is 20.1. The van der Waals surface area contributed by atoms with Crippen LogP contribution < -0.4 is 9.64 Å². The van der Waals surface area contributed by atoms with Crippen LogP contribution in [0.25, 0.3) is 0 Å². The first-order chi connectivity index (χ1) is 16.4. The Morgan fingerprint density at radius 3 is 2.41 bits per heavy atom. The smallest absolute Gasteiger partial charge is 0.136 e. The van der Waals surface area contributed by atoms with Crippen molar-refractivity contribution in [1.82, 2.24) is 14.9 Å². The van der Waals surface area contributed by atoms with Crippen LogP contribution in [0.3, 0.4) is 0 Å². The van der Waals surface area contributed by atoms with E-state index in [9.17, 15) is 9.50 Å². The molecule has 1 unspecified atom stereocenters. The molecule has 0 radical (unpaired) electrons. The van der Waals surface area contributed by atoms with Gasteiger partial charge in [0.25, 0.3) is 0 Å². The van der Waals surface area contributed by atoms with Gasteiger partial charge in [0, 0.05) is 50.4 Å². The fourth-order valence-corrected chi connectivity index (χ4v) is 4.42. The van der Waals surface area contributed by atoms with E-state index >= 15 is 0 Å². The Kier molecular flexibility index (Phi) is 7.75. The minimum absolute atomic E-state index is 0.208. The molecule has 1 aliphatic rings. The van der Waals surface area contributed by atoms with Gasteiger partial charge < -0.3 is 14.7 Å². The van der Waals surface area contributed by atoms with Crippen LogP contribution in [0.5, 0.6) is 5.75 Å². The lowest BCUT2D eigenvalue weighted by atomic mass is 10.0. The van der Waals surface area contributed by atoms with Gasteiger partial charge in [-0.15, -0.1) is 0 Å². The summed E-state index contributed by atoms with van der Waals surface area (Å²) in [4.78, 5) is 13.8. The summed E-state index contributed by atoms with van der Waals surface area (Å²) in [7, 11) is 0. The van der Waals surface area contributed by atoms with E-state index < -0.39 is 6.10 Å². The molecular formula is C27H33FN4O2. The molecule has 2 heterocycles. The van der Waals surface area contributed by atoms with Gasteiger partial charge in [0.1, 0.15) is 35.9 Å². The third-order valence-corrected chi connectivity index (χ3v) is 6.29. The minimum Gasteiger partial charge on any atom is -0.491 e. The average molecular weight is 465 g/mol. The summed E-state index contributed by atoms with van der Waals surface area (Å²) in [5.41, 5.74) is 3.56. The third kappa shape index (κ3) is 5.90. The maximum atomic E-state index is 14.3. The van der Waals surface area contributed by atoms with E-state index in [2.05, 4.69) is 14.8 Å². The highest BCUT2D eigenvalue weighted by Crippen LogP contribution is 2.26. The lowest BCUT2D eigenvalue weighted by molar-refractivity contribution is 0.0660. The van der Waals surface area contributed by atoms with Crippen molar-refractivity contribution >= 4 is 5.82 Å². The number of aliphatic hydroxyl groups is 1. The second kappa shape index (κ2) is 10.9. The average Bonchev–Trinajstić information content (AvgIpc) is 2.82. The van der Waals surface area contributed by atoms with E-state index in [1.165, 1.54) is 6.07 Å². The Morgan fingerprint density at radius 1 is 0.971 bits per heavy atom. The predicted molar refractivity (Wildman–Crippen MR) is 132 cm³/mol. The maximum Gasteiger partial charge on any atom is 0.136 e. The molecule has 7 heteroatoms. The van der Waals surface area contributed by atoms with Crippen LogP contribution >= 0.6 is 0 Å². The van der Waals surface area contributed by atoms with E-state index in [-0.39, 0.29) is 12.4 Å². The van der Waals surface area contributed by atoms with Crippen LogP contribution in [-0.2, 0) is 6.42 Å². The van der Waals surface area contributed by atoms with Gasteiger partial charge in [0.2, 0.25) is 0 Å². The highest BCUT2D eigenvalue weighted by atomic mass is 19.1. The first-order valence-corrected chi connectivity index (χ1v) is 11.8. The third-order valence-electron chi connectivity index (χ3n) is 6.29. The number of hydrogen-bond donors (Lipinski definition) is 1. The Morgan fingerprint density at radius 2 is 1.68 bits per heavy atom. The van der Waals surface area contributed by atoms with Crippen molar-refractivity contribution in [3.05, 3.63) is 82.6 Å². The molecule has 1 fully saturated rings. The molecule has 0 amide bonds. The summed E-state index contributed by atoms with van der Waals surface area (Å²) in [6.45, 7) is 9.87. The number of aliphatic hydroxyl groups excluding tert-OH is 1. The molecule has 34 heavy (non-hydrogen) atoms. The molecule has 1 saturated heterocycles. The number of anilines is 1. The first-order valence-electron chi connectivity index (χ1n) is 11.8. The topological polar surface area (TPSA) is 61.7 Å². The molecule has 180 valence electrons. The number of aromatic nitrogens is 2. The number of para-hydroxylation sites is 1. The van der Waals surface area contributed by atoms with Gasteiger partial charge in [-0.2, -0.15) is 0 Å². The van der Waals surface area contributed by atoms with Crippen molar-refractivity contribution in [1.29, 1.82) is 0 Å². The van der Waals surface area contributed by atoms with Gasteiger partial charge in [-0.1, -0.05) is 36.4 Å². The van der Waals surface area contributed by atoms with Crippen molar-refractivity contribution in [2.24, 2.45) is 0 Å². The van der Waals surface area contributed by atoms with Crippen LogP contribution in [0.4, 0.5) is 10.2 Å². The molecule has 2 aromatic carbocycles. The number of aryl methyl sites for hydroxylation is 3. The molecule has 0 bridgehead atoms. The molecule has 1 N–H and O–H groups in total. The number of benzene rings is 2. The Balaban J connectivity index is 1.37. The number of β-amino-alcohol motifs (C(OH)–C–C–N with tert-alkyl or cyclic N) is 1. The summed E-state index contributed by atoms with van der Waals surface area (Å²) in [6, 6.07) is 14.7. The number of hydrogen-bond acceptors (Lipinski definition) is 6. The lowest BCUT2D eigenvalue weighted by Gasteiger charge is -2.37. The maximum absolute atomic E-state index is 14.3. The summed E-state index contributed by atoms with van der Waals surface area (Å²) in [5.74, 6) is 2.20. The van der Waals surface area contributed by atoms with Crippen molar-refractivity contribution in [2.45, 2.75) is 33.3 Å². The Hall–Kier alpha value is -3.03. The van der Waals surface area contributed by atoms with E-state index in [0.29, 0.717) is 18.5 Å². The van der Waals surface area contributed by atoms with Crippen LogP contribution in [0.2, 0.25) is 0 Å². The molecule has 0 saturated carbocycles. The molecule has 1 atom stereocenters. The predicted octanol–water partition coefficient (Wildman–Crippen LogP) is 3.69. The van der Waals surface area contributed by atoms with Gasteiger partial charge in [-0.25, -0.2) is 14.4 Å². The second-order valence-corrected chi connectivity index (χ2v) is 8.94. The highest BCUT2D eigenvalue weighted by Gasteiger charge is 2.24. The van der Waals surface area contributed by atoms with Gasteiger partial charge in [0.05, 0.1) is 0 Å². The summed E-state index contributed by atoms with van der Waals surface area (Å²) in [5, 5.41) is 10.5. The zero-order valence-corrected chi connectivity index (χ0v) is 20.2. The quantitative estimate of drug-likeness (QED) is 0.549. The van der Waals surface area contributed by atoms with E-state index in [1.54, 1.807) is 6.07 Å². The number of rotatable bonds is 8. The fourth-order valence-electron chi connectivity index (χ4n) is 4.42. The molecule has 4 rings (SSSR count). The lowest BCUT2D eigenvalue weighted by Crippen LogP contribution is -2.49. The van der Waals surface area contributed by atoms with Gasteiger partial charge in [-0.3, -0.25) is 4.90 Å².